The van der Waals surface area contributed by atoms with Crippen LogP contribution >= 0.6 is 11.6 Å². The molecule has 0 saturated heterocycles. The molecule has 0 unspecified atom stereocenters. The van der Waals surface area contributed by atoms with Crippen LogP contribution in [-0.4, -0.2) is 15.0 Å². The fraction of sp³-hybridized carbons (Fsp3) is 0.111. The molecule has 1 rings (SSSR count). The van der Waals surface area contributed by atoms with Crippen LogP contribution in [0.15, 0.2) is 40.4 Å². The van der Waals surface area contributed by atoms with Crippen molar-refractivity contribution >= 4 is 21.4 Å². The molecule has 0 amide bonds. The van der Waals surface area contributed by atoms with Crippen LogP contribution in [0.4, 0.5) is 4.39 Å². The molecular weight excluding hydrogens is 241 g/mol. The SMILES string of the molecule is NCC=C(F)S(=O)(=O)c1ccc(Cl)cc1. The van der Waals surface area contributed by atoms with Gasteiger partial charge in [0.05, 0.1) is 4.90 Å². The minimum Gasteiger partial charge on any atom is -0.327 e. The average Bonchev–Trinajstić information content (AvgIpc) is 2.18. The van der Waals surface area contributed by atoms with E-state index in [2.05, 4.69) is 0 Å². The van der Waals surface area contributed by atoms with E-state index in [1.54, 1.807) is 0 Å². The van der Waals surface area contributed by atoms with Crippen LogP contribution < -0.4 is 5.73 Å². The molecule has 0 aromatic heterocycles. The standard InChI is InChI=1S/C9H9ClFNO2S/c10-7-1-3-8(4-2-7)15(13,14)9(11)5-6-12/h1-5H,6,12H2. The van der Waals surface area contributed by atoms with Gasteiger partial charge in [0, 0.05) is 11.6 Å². The van der Waals surface area contributed by atoms with Gasteiger partial charge in [-0.05, 0) is 30.3 Å². The van der Waals surface area contributed by atoms with Crippen LogP contribution in [0.1, 0.15) is 0 Å². The summed E-state index contributed by atoms with van der Waals surface area (Å²) in [5.74, 6) is 0. The highest BCUT2D eigenvalue weighted by Crippen LogP contribution is 2.21. The molecule has 1 aromatic rings. The molecule has 0 aliphatic rings. The summed E-state index contributed by atoms with van der Waals surface area (Å²) in [6, 6.07) is 5.23. The van der Waals surface area contributed by atoms with E-state index in [1.807, 2.05) is 0 Å². The highest BCUT2D eigenvalue weighted by molar-refractivity contribution is 7.95. The topological polar surface area (TPSA) is 60.2 Å². The Labute approximate surface area is 92.3 Å². The summed E-state index contributed by atoms with van der Waals surface area (Å²) in [7, 11) is -4.06. The molecule has 0 bridgehead atoms. The minimum absolute atomic E-state index is 0.144. The number of rotatable bonds is 3. The molecule has 0 spiro atoms. The molecule has 0 aliphatic carbocycles. The lowest BCUT2D eigenvalue weighted by molar-refractivity contribution is 0.576. The van der Waals surface area contributed by atoms with Crippen molar-refractivity contribution in [2.24, 2.45) is 5.73 Å². The molecular formula is C9H9ClFNO2S. The Hall–Kier alpha value is -0.910. The Morgan fingerprint density at radius 2 is 1.93 bits per heavy atom. The molecule has 6 heteroatoms. The predicted molar refractivity (Wildman–Crippen MR) is 56.9 cm³/mol. The van der Waals surface area contributed by atoms with E-state index in [0.29, 0.717) is 5.02 Å². The van der Waals surface area contributed by atoms with Crippen LogP contribution in [0.2, 0.25) is 5.02 Å². The maximum absolute atomic E-state index is 13.1. The van der Waals surface area contributed by atoms with Gasteiger partial charge in [-0.25, -0.2) is 8.42 Å². The zero-order valence-electron chi connectivity index (χ0n) is 7.65. The van der Waals surface area contributed by atoms with E-state index in [9.17, 15) is 12.8 Å². The Morgan fingerprint density at radius 3 is 2.40 bits per heavy atom. The first-order chi connectivity index (χ1) is 6.98. The summed E-state index contributed by atoms with van der Waals surface area (Å²) in [5.41, 5.74) is 5.03. The molecule has 0 radical (unpaired) electrons. The molecule has 0 saturated carbocycles. The van der Waals surface area contributed by atoms with Crippen molar-refractivity contribution in [3.8, 4) is 0 Å². The quantitative estimate of drug-likeness (QED) is 0.890. The second-order valence-electron chi connectivity index (χ2n) is 2.70. The third-order valence-corrected chi connectivity index (χ3v) is 3.48. The number of sulfone groups is 1. The van der Waals surface area contributed by atoms with Gasteiger partial charge in [0.2, 0.25) is 15.0 Å². The van der Waals surface area contributed by atoms with Gasteiger partial charge in [0.25, 0.3) is 0 Å². The van der Waals surface area contributed by atoms with E-state index in [-0.39, 0.29) is 11.4 Å². The Morgan fingerprint density at radius 1 is 1.40 bits per heavy atom. The van der Waals surface area contributed by atoms with Crippen molar-refractivity contribution in [2.75, 3.05) is 6.54 Å². The van der Waals surface area contributed by atoms with E-state index in [4.69, 9.17) is 17.3 Å². The van der Waals surface area contributed by atoms with Gasteiger partial charge in [-0.1, -0.05) is 11.6 Å². The van der Waals surface area contributed by atoms with Crippen LogP contribution in [0.5, 0.6) is 0 Å². The summed E-state index contributed by atoms with van der Waals surface area (Å²) in [4.78, 5) is -0.144. The monoisotopic (exact) mass is 249 g/mol. The normalized spacial score (nSPS) is 12.9. The minimum atomic E-state index is -4.06. The highest BCUT2D eigenvalue weighted by Gasteiger charge is 2.19. The van der Waals surface area contributed by atoms with Gasteiger partial charge in [0.1, 0.15) is 0 Å². The first-order valence-corrected chi connectivity index (χ1v) is 5.91. The second-order valence-corrected chi connectivity index (χ2v) is 5.01. The largest absolute Gasteiger partial charge is 0.327 e. The van der Waals surface area contributed by atoms with Gasteiger partial charge in [-0.15, -0.1) is 0 Å². The maximum atomic E-state index is 13.1. The molecule has 0 aliphatic heterocycles. The number of benzene rings is 1. The molecule has 2 N–H and O–H groups in total. The summed E-state index contributed by atoms with van der Waals surface area (Å²) in [6.45, 7) is -0.168. The molecule has 3 nitrogen and oxygen atoms in total. The molecule has 0 heterocycles. The van der Waals surface area contributed by atoms with Crippen LogP contribution in [-0.2, 0) is 9.84 Å². The van der Waals surface area contributed by atoms with E-state index >= 15 is 0 Å². The number of nitrogens with two attached hydrogens (primary N) is 1. The second kappa shape index (κ2) is 4.74. The van der Waals surface area contributed by atoms with Crippen molar-refractivity contribution in [1.29, 1.82) is 0 Å². The Balaban J connectivity index is 3.18. The lowest BCUT2D eigenvalue weighted by Gasteiger charge is -2.01. The van der Waals surface area contributed by atoms with Crippen molar-refractivity contribution in [3.63, 3.8) is 0 Å². The van der Waals surface area contributed by atoms with Crippen molar-refractivity contribution in [3.05, 3.63) is 40.5 Å². The number of halogens is 2. The zero-order valence-corrected chi connectivity index (χ0v) is 9.22. The Bertz CT molecular complexity index is 467. The lowest BCUT2D eigenvalue weighted by atomic mass is 10.4. The first-order valence-electron chi connectivity index (χ1n) is 4.05. The van der Waals surface area contributed by atoms with E-state index in [1.165, 1.54) is 24.3 Å². The summed E-state index contributed by atoms with van der Waals surface area (Å²) in [5, 5.41) is -0.857. The molecule has 0 fully saturated rings. The number of hydrogen-bond donors (Lipinski definition) is 1. The van der Waals surface area contributed by atoms with Crippen LogP contribution in [0.3, 0.4) is 0 Å². The van der Waals surface area contributed by atoms with Crippen LogP contribution in [0, 0.1) is 0 Å². The fourth-order valence-corrected chi connectivity index (χ4v) is 2.09. The third kappa shape index (κ3) is 2.77. The molecule has 82 valence electrons. The summed E-state index contributed by atoms with van der Waals surface area (Å²) >= 11 is 5.58. The number of hydrogen-bond acceptors (Lipinski definition) is 3. The summed E-state index contributed by atoms with van der Waals surface area (Å²) in [6.07, 6.45) is 0.809. The third-order valence-electron chi connectivity index (χ3n) is 1.66. The van der Waals surface area contributed by atoms with Crippen LogP contribution in [0.25, 0.3) is 0 Å². The van der Waals surface area contributed by atoms with E-state index < -0.39 is 15.0 Å². The van der Waals surface area contributed by atoms with Gasteiger partial charge in [0.15, 0.2) is 0 Å². The Kier molecular flexibility index (Phi) is 3.84. The fourth-order valence-electron chi connectivity index (χ4n) is 0.929. The van der Waals surface area contributed by atoms with Crippen molar-refractivity contribution in [2.45, 2.75) is 4.90 Å². The van der Waals surface area contributed by atoms with Crippen molar-refractivity contribution in [1.82, 2.24) is 0 Å². The van der Waals surface area contributed by atoms with Gasteiger partial charge >= 0.3 is 0 Å². The zero-order chi connectivity index (χ0) is 11.5. The van der Waals surface area contributed by atoms with E-state index in [0.717, 1.165) is 6.08 Å². The molecule has 15 heavy (non-hydrogen) atoms. The van der Waals surface area contributed by atoms with Gasteiger partial charge < -0.3 is 5.73 Å². The smallest absolute Gasteiger partial charge is 0.233 e. The summed E-state index contributed by atoms with van der Waals surface area (Å²) < 4.78 is 36.1. The van der Waals surface area contributed by atoms with Gasteiger partial charge in [-0.3, -0.25) is 0 Å². The molecule has 1 aromatic carbocycles. The molecule has 0 atom stereocenters. The predicted octanol–water partition coefficient (Wildman–Crippen LogP) is 1.88. The van der Waals surface area contributed by atoms with Crippen molar-refractivity contribution < 1.29 is 12.8 Å². The van der Waals surface area contributed by atoms with Gasteiger partial charge in [-0.2, -0.15) is 4.39 Å². The average molecular weight is 250 g/mol. The first kappa shape index (κ1) is 12.2. The lowest BCUT2D eigenvalue weighted by Crippen LogP contribution is -2.04. The maximum Gasteiger partial charge on any atom is 0.233 e. The highest BCUT2D eigenvalue weighted by atomic mass is 35.5.